The van der Waals surface area contributed by atoms with Crippen molar-refractivity contribution >= 4 is 5.84 Å². The zero-order chi connectivity index (χ0) is 12.4. The van der Waals surface area contributed by atoms with Gasteiger partial charge in [0.15, 0.2) is 0 Å². The van der Waals surface area contributed by atoms with E-state index in [2.05, 4.69) is 17.4 Å². The standard InChI is InChI=1S/C15H20N2O/c1-2-18-12-9-7-11(8-10-12)15-16-13-5-3-4-6-14(13)17-15/h7-10,13-14H,2-6H2,1H3,(H,16,17)/t13-,14-/m1/s1. The van der Waals surface area contributed by atoms with E-state index in [9.17, 15) is 0 Å². The first-order chi connectivity index (χ1) is 8.86. The Morgan fingerprint density at radius 3 is 2.72 bits per heavy atom. The topological polar surface area (TPSA) is 33.6 Å². The van der Waals surface area contributed by atoms with E-state index in [0.717, 1.165) is 11.6 Å². The molecule has 0 bridgehead atoms. The highest BCUT2D eigenvalue weighted by molar-refractivity contribution is 6.00. The highest BCUT2D eigenvalue weighted by atomic mass is 16.5. The normalized spacial score (nSPS) is 26.2. The van der Waals surface area contributed by atoms with Crippen LogP contribution < -0.4 is 10.1 Å². The lowest BCUT2D eigenvalue weighted by Gasteiger charge is -2.23. The van der Waals surface area contributed by atoms with Crippen LogP contribution in [-0.4, -0.2) is 24.5 Å². The summed E-state index contributed by atoms with van der Waals surface area (Å²) in [5, 5.41) is 3.57. The molecule has 1 aliphatic heterocycles. The first-order valence-electron chi connectivity index (χ1n) is 6.94. The molecule has 1 fully saturated rings. The summed E-state index contributed by atoms with van der Waals surface area (Å²) < 4.78 is 5.46. The Morgan fingerprint density at radius 2 is 2.00 bits per heavy atom. The molecule has 0 amide bonds. The van der Waals surface area contributed by atoms with Crippen molar-refractivity contribution in [1.29, 1.82) is 0 Å². The monoisotopic (exact) mass is 244 g/mol. The first kappa shape index (κ1) is 11.6. The van der Waals surface area contributed by atoms with Gasteiger partial charge in [0.25, 0.3) is 0 Å². The van der Waals surface area contributed by atoms with Gasteiger partial charge in [0.2, 0.25) is 0 Å². The summed E-state index contributed by atoms with van der Waals surface area (Å²) in [6.45, 7) is 2.71. The number of fused-ring (bicyclic) bond motifs is 1. The van der Waals surface area contributed by atoms with Crippen molar-refractivity contribution in [3.05, 3.63) is 29.8 Å². The van der Waals surface area contributed by atoms with E-state index in [0.29, 0.717) is 18.7 Å². The summed E-state index contributed by atoms with van der Waals surface area (Å²) in [4.78, 5) is 4.82. The largest absolute Gasteiger partial charge is 0.494 e. The zero-order valence-electron chi connectivity index (χ0n) is 10.9. The van der Waals surface area contributed by atoms with E-state index in [4.69, 9.17) is 9.73 Å². The van der Waals surface area contributed by atoms with Crippen LogP contribution in [0.15, 0.2) is 29.3 Å². The van der Waals surface area contributed by atoms with Crippen LogP contribution in [0, 0.1) is 0 Å². The fourth-order valence-electron chi connectivity index (χ4n) is 2.85. The predicted octanol–water partition coefficient (Wildman–Crippen LogP) is 2.75. The molecule has 0 radical (unpaired) electrons. The van der Waals surface area contributed by atoms with Gasteiger partial charge in [0.05, 0.1) is 12.6 Å². The third kappa shape index (κ3) is 2.22. The van der Waals surface area contributed by atoms with Crippen LogP contribution >= 0.6 is 0 Å². The summed E-state index contributed by atoms with van der Waals surface area (Å²) in [5.74, 6) is 1.99. The molecule has 3 heteroatoms. The Hall–Kier alpha value is -1.51. The van der Waals surface area contributed by atoms with E-state index in [1.54, 1.807) is 0 Å². The van der Waals surface area contributed by atoms with E-state index in [1.807, 2.05) is 19.1 Å². The van der Waals surface area contributed by atoms with Gasteiger partial charge in [-0.15, -0.1) is 0 Å². The number of amidine groups is 1. The molecular formula is C15H20N2O. The maximum atomic E-state index is 5.46. The number of rotatable bonds is 3. The summed E-state index contributed by atoms with van der Waals surface area (Å²) in [7, 11) is 0. The lowest BCUT2D eigenvalue weighted by atomic mass is 9.92. The second kappa shape index (κ2) is 5.01. The number of ether oxygens (including phenoxy) is 1. The van der Waals surface area contributed by atoms with Gasteiger partial charge >= 0.3 is 0 Å². The number of nitrogens with one attached hydrogen (secondary N) is 1. The molecule has 1 aromatic rings. The van der Waals surface area contributed by atoms with Gasteiger partial charge < -0.3 is 10.1 Å². The summed E-state index contributed by atoms with van der Waals surface area (Å²) in [6, 6.07) is 9.29. The van der Waals surface area contributed by atoms with Gasteiger partial charge in [-0.2, -0.15) is 0 Å². The van der Waals surface area contributed by atoms with Gasteiger partial charge in [0, 0.05) is 11.6 Å². The van der Waals surface area contributed by atoms with Gasteiger partial charge in [-0.25, -0.2) is 0 Å². The zero-order valence-corrected chi connectivity index (χ0v) is 10.9. The molecule has 3 rings (SSSR count). The van der Waals surface area contributed by atoms with Gasteiger partial charge in [0.1, 0.15) is 11.6 Å². The van der Waals surface area contributed by atoms with Gasteiger partial charge in [-0.05, 0) is 44.0 Å². The maximum absolute atomic E-state index is 5.46. The number of nitrogens with zero attached hydrogens (tertiary/aromatic N) is 1. The minimum Gasteiger partial charge on any atom is -0.494 e. The third-order valence-electron chi connectivity index (χ3n) is 3.79. The van der Waals surface area contributed by atoms with Crippen molar-refractivity contribution in [3.63, 3.8) is 0 Å². The lowest BCUT2D eigenvalue weighted by Crippen LogP contribution is -2.36. The van der Waals surface area contributed by atoms with Crippen LogP contribution in [0.25, 0.3) is 0 Å². The smallest absolute Gasteiger partial charge is 0.128 e. The Morgan fingerprint density at radius 1 is 1.22 bits per heavy atom. The van der Waals surface area contributed by atoms with Crippen LogP contribution in [-0.2, 0) is 0 Å². The third-order valence-corrected chi connectivity index (χ3v) is 3.79. The van der Waals surface area contributed by atoms with Crippen molar-refractivity contribution < 1.29 is 4.74 Å². The molecule has 1 aliphatic carbocycles. The molecule has 0 aromatic heterocycles. The van der Waals surface area contributed by atoms with Gasteiger partial charge in [-0.1, -0.05) is 12.8 Å². The molecule has 1 heterocycles. The predicted molar refractivity (Wildman–Crippen MR) is 73.3 cm³/mol. The minimum atomic E-state index is 0.500. The lowest BCUT2D eigenvalue weighted by molar-refractivity contribution is 0.340. The molecule has 2 aliphatic rings. The summed E-state index contributed by atoms with van der Waals surface area (Å²) in [5.41, 5.74) is 1.17. The average Bonchev–Trinajstić information content (AvgIpc) is 2.84. The average molecular weight is 244 g/mol. The van der Waals surface area contributed by atoms with E-state index in [1.165, 1.54) is 31.2 Å². The molecule has 0 saturated heterocycles. The van der Waals surface area contributed by atoms with Crippen LogP contribution in [0.4, 0.5) is 0 Å². The highest BCUT2D eigenvalue weighted by Gasteiger charge is 2.30. The Labute approximate surface area is 108 Å². The molecule has 1 aromatic carbocycles. The highest BCUT2D eigenvalue weighted by Crippen LogP contribution is 2.26. The molecule has 0 spiro atoms. The Bertz CT molecular complexity index is 438. The Kier molecular flexibility index (Phi) is 3.22. The number of aliphatic imine (C=N–C) groups is 1. The van der Waals surface area contributed by atoms with E-state index < -0.39 is 0 Å². The molecule has 3 nitrogen and oxygen atoms in total. The fourth-order valence-corrected chi connectivity index (χ4v) is 2.85. The number of hydrogen-bond acceptors (Lipinski definition) is 3. The molecule has 18 heavy (non-hydrogen) atoms. The second-order valence-corrected chi connectivity index (χ2v) is 5.04. The summed E-state index contributed by atoms with van der Waals surface area (Å²) in [6.07, 6.45) is 5.15. The van der Waals surface area contributed by atoms with Crippen molar-refractivity contribution in [2.24, 2.45) is 4.99 Å². The van der Waals surface area contributed by atoms with Crippen LogP contribution in [0.5, 0.6) is 5.75 Å². The molecule has 1 N–H and O–H groups in total. The SMILES string of the molecule is CCOc1ccc(C2=N[C@@H]3CCCC[C@H]3N2)cc1. The maximum Gasteiger partial charge on any atom is 0.128 e. The van der Waals surface area contributed by atoms with Crippen molar-refractivity contribution in [3.8, 4) is 5.75 Å². The Balaban J connectivity index is 1.75. The van der Waals surface area contributed by atoms with E-state index >= 15 is 0 Å². The molecule has 1 saturated carbocycles. The van der Waals surface area contributed by atoms with Crippen molar-refractivity contribution in [2.45, 2.75) is 44.7 Å². The summed E-state index contributed by atoms with van der Waals surface area (Å²) >= 11 is 0. The van der Waals surface area contributed by atoms with Crippen molar-refractivity contribution in [2.75, 3.05) is 6.61 Å². The van der Waals surface area contributed by atoms with Crippen LogP contribution in [0.2, 0.25) is 0 Å². The number of benzene rings is 1. The number of hydrogen-bond donors (Lipinski definition) is 1. The molecule has 0 unspecified atom stereocenters. The minimum absolute atomic E-state index is 0.500. The fraction of sp³-hybridized carbons (Fsp3) is 0.533. The van der Waals surface area contributed by atoms with E-state index in [-0.39, 0.29) is 0 Å². The van der Waals surface area contributed by atoms with Gasteiger partial charge in [-0.3, -0.25) is 4.99 Å². The molecule has 96 valence electrons. The second-order valence-electron chi connectivity index (χ2n) is 5.04. The van der Waals surface area contributed by atoms with Crippen molar-refractivity contribution in [1.82, 2.24) is 5.32 Å². The van der Waals surface area contributed by atoms with Crippen LogP contribution in [0.1, 0.15) is 38.2 Å². The first-order valence-corrected chi connectivity index (χ1v) is 6.94. The molecule has 2 atom stereocenters. The van der Waals surface area contributed by atoms with Crippen LogP contribution in [0.3, 0.4) is 0 Å². The molecular weight excluding hydrogens is 224 g/mol. The quantitative estimate of drug-likeness (QED) is 0.887.